The molecular formula is C13H15ClF4N2O. The van der Waals surface area contributed by atoms with Gasteiger partial charge in [0.25, 0.3) is 5.91 Å². The topological polar surface area (TPSA) is 41.1 Å². The number of benzene rings is 1. The van der Waals surface area contributed by atoms with Crippen LogP contribution < -0.4 is 10.6 Å². The summed E-state index contributed by atoms with van der Waals surface area (Å²) in [5, 5.41) is 5.52. The van der Waals surface area contributed by atoms with Gasteiger partial charge in [-0.25, -0.2) is 4.39 Å². The summed E-state index contributed by atoms with van der Waals surface area (Å²) in [4.78, 5) is 11.7. The zero-order valence-electron chi connectivity index (χ0n) is 11.0. The molecule has 1 saturated carbocycles. The lowest BCUT2D eigenvalue weighted by molar-refractivity contribution is -0.137. The van der Waals surface area contributed by atoms with E-state index in [9.17, 15) is 22.4 Å². The first kappa shape index (κ1) is 17.7. The smallest absolute Gasteiger partial charge is 0.351 e. The zero-order valence-corrected chi connectivity index (χ0v) is 11.8. The van der Waals surface area contributed by atoms with Crippen molar-refractivity contribution in [1.29, 1.82) is 0 Å². The fraction of sp³-hybridized carbons (Fsp3) is 0.462. The SMILES string of the molecule is Cl.O=C(NCCNC1CC1)c1cc(C(F)(F)F)ccc1F. The van der Waals surface area contributed by atoms with Gasteiger partial charge < -0.3 is 10.6 Å². The van der Waals surface area contributed by atoms with Gasteiger partial charge in [0.2, 0.25) is 0 Å². The quantitative estimate of drug-likeness (QED) is 0.645. The van der Waals surface area contributed by atoms with Crippen LogP contribution in [0, 0.1) is 5.82 Å². The molecule has 1 aromatic rings. The Balaban J connectivity index is 0.00000220. The first-order valence-electron chi connectivity index (χ1n) is 6.26. The number of hydrogen-bond acceptors (Lipinski definition) is 2. The van der Waals surface area contributed by atoms with E-state index in [2.05, 4.69) is 10.6 Å². The fourth-order valence-corrected chi connectivity index (χ4v) is 1.71. The summed E-state index contributed by atoms with van der Waals surface area (Å²) in [6, 6.07) is 2.26. The Morgan fingerprint density at radius 1 is 1.24 bits per heavy atom. The van der Waals surface area contributed by atoms with Gasteiger partial charge in [0.05, 0.1) is 11.1 Å². The fourth-order valence-electron chi connectivity index (χ4n) is 1.71. The number of halogens is 5. The molecular weight excluding hydrogens is 312 g/mol. The molecule has 0 atom stereocenters. The van der Waals surface area contributed by atoms with Crippen LogP contribution in [0.2, 0.25) is 0 Å². The lowest BCUT2D eigenvalue weighted by Gasteiger charge is -2.10. The summed E-state index contributed by atoms with van der Waals surface area (Å²) >= 11 is 0. The molecule has 0 aliphatic heterocycles. The van der Waals surface area contributed by atoms with Gasteiger partial charge in [0, 0.05) is 19.1 Å². The second kappa shape index (κ2) is 7.09. The number of carbonyl (C=O) groups is 1. The van der Waals surface area contributed by atoms with Crippen LogP contribution in [0.3, 0.4) is 0 Å². The van der Waals surface area contributed by atoms with Gasteiger partial charge in [-0.1, -0.05) is 0 Å². The molecule has 0 bridgehead atoms. The third-order valence-electron chi connectivity index (χ3n) is 2.96. The maximum Gasteiger partial charge on any atom is 0.416 e. The minimum Gasteiger partial charge on any atom is -0.351 e. The molecule has 0 saturated heterocycles. The predicted molar refractivity (Wildman–Crippen MR) is 72.0 cm³/mol. The van der Waals surface area contributed by atoms with E-state index in [1.807, 2.05) is 0 Å². The van der Waals surface area contributed by atoms with E-state index >= 15 is 0 Å². The van der Waals surface area contributed by atoms with Crippen LogP contribution in [-0.4, -0.2) is 25.0 Å². The summed E-state index contributed by atoms with van der Waals surface area (Å²) in [5.74, 6) is -1.81. The number of nitrogens with one attached hydrogen (secondary N) is 2. The normalized spacial score (nSPS) is 14.5. The highest BCUT2D eigenvalue weighted by molar-refractivity contribution is 5.94. The maximum atomic E-state index is 13.4. The zero-order chi connectivity index (χ0) is 14.8. The van der Waals surface area contributed by atoms with Crippen molar-refractivity contribution < 1.29 is 22.4 Å². The average molecular weight is 327 g/mol. The van der Waals surface area contributed by atoms with Crippen LogP contribution in [0.5, 0.6) is 0 Å². The minimum absolute atomic E-state index is 0. The molecule has 1 aromatic carbocycles. The van der Waals surface area contributed by atoms with E-state index in [0.717, 1.165) is 12.8 Å². The van der Waals surface area contributed by atoms with Crippen molar-refractivity contribution in [3.63, 3.8) is 0 Å². The van der Waals surface area contributed by atoms with Gasteiger partial charge >= 0.3 is 6.18 Å². The van der Waals surface area contributed by atoms with Gasteiger partial charge in [-0.15, -0.1) is 12.4 Å². The highest BCUT2D eigenvalue weighted by atomic mass is 35.5. The molecule has 8 heteroatoms. The molecule has 0 heterocycles. The highest BCUT2D eigenvalue weighted by Gasteiger charge is 2.31. The minimum atomic E-state index is -4.60. The van der Waals surface area contributed by atoms with Crippen LogP contribution in [0.1, 0.15) is 28.8 Å². The number of amides is 1. The van der Waals surface area contributed by atoms with Gasteiger partial charge in [0.15, 0.2) is 0 Å². The summed E-state index contributed by atoms with van der Waals surface area (Å²) in [6.07, 6.45) is -2.41. The van der Waals surface area contributed by atoms with Crippen molar-refractivity contribution in [3.05, 3.63) is 35.1 Å². The summed E-state index contributed by atoms with van der Waals surface area (Å²) in [7, 11) is 0. The molecule has 0 spiro atoms. The number of alkyl halides is 3. The summed E-state index contributed by atoms with van der Waals surface area (Å²) in [5.41, 5.74) is -1.63. The average Bonchev–Trinajstić information content (AvgIpc) is 3.17. The summed E-state index contributed by atoms with van der Waals surface area (Å²) < 4.78 is 50.9. The van der Waals surface area contributed by atoms with Gasteiger partial charge in [-0.05, 0) is 31.0 Å². The van der Waals surface area contributed by atoms with E-state index < -0.39 is 29.0 Å². The molecule has 21 heavy (non-hydrogen) atoms. The second-order valence-electron chi connectivity index (χ2n) is 4.68. The van der Waals surface area contributed by atoms with E-state index in [1.165, 1.54) is 0 Å². The van der Waals surface area contributed by atoms with Crippen molar-refractivity contribution in [3.8, 4) is 0 Å². The summed E-state index contributed by atoms with van der Waals surface area (Å²) in [6.45, 7) is 0.752. The van der Waals surface area contributed by atoms with Crippen molar-refractivity contribution in [2.75, 3.05) is 13.1 Å². The van der Waals surface area contributed by atoms with Gasteiger partial charge in [0.1, 0.15) is 5.82 Å². The molecule has 1 fully saturated rings. The number of rotatable bonds is 5. The Labute approximate surface area is 125 Å². The van der Waals surface area contributed by atoms with E-state index in [-0.39, 0.29) is 19.0 Å². The molecule has 1 aliphatic carbocycles. The third-order valence-corrected chi connectivity index (χ3v) is 2.96. The van der Waals surface area contributed by atoms with E-state index in [0.29, 0.717) is 30.8 Å². The molecule has 2 rings (SSSR count). The molecule has 0 radical (unpaired) electrons. The van der Waals surface area contributed by atoms with Gasteiger partial charge in [-0.3, -0.25) is 4.79 Å². The van der Waals surface area contributed by atoms with E-state index in [1.54, 1.807) is 0 Å². The number of carbonyl (C=O) groups excluding carboxylic acids is 1. The monoisotopic (exact) mass is 326 g/mol. The number of hydrogen-bond donors (Lipinski definition) is 2. The van der Waals surface area contributed by atoms with Gasteiger partial charge in [-0.2, -0.15) is 13.2 Å². The highest BCUT2D eigenvalue weighted by Crippen LogP contribution is 2.30. The van der Waals surface area contributed by atoms with E-state index in [4.69, 9.17) is 0 Å². The third kappa shape index (κ3) is 5.17. The van der Waals surface area contributed by atoms with Crippen molar-refractivity contribution in [2.45, 2.75) is 25.1 Å². The van der Waals surface area contributed by atoms with Crippen molar-refractivity contribution >= 4 is 18.3 Å². The lowest BCUT2D eigenvalue weighted by atomic mass is 10.1. The van der Waals surface area contributed by atoms with Crippen molar-refractivity contribution in [1.82, 2.24) is 10.6 Å². The van der Waals surface area contributed by atoms with Crippen LogP contribution in [0.15, 0.2) is 18.2 Å². The molecule has 3 nitrogen and oxygen atoms in total. The second-order valence-corrected chi connectivity index (χ2v) is 4.68. The van der Waals surface area contributed by atoms with Crippen LogP contribution >= 0.6 is 12.4 Å². The maximum absolute atomic E-state index is 13.4. The first-order valence-corrected chi connectivity index (χ1v) is 6.26. The van der Waals surface area contributed by atoms with Crippen molar-refractivity contribution in [2.24, 2.45) is 0 Å². The predicted octanol–water partition coefficient (Wildman–Crippen LogP) is 2.75. The Morgan fingerprint density at radius 2 is 1.90 bits per heavy atom. The van der Waals surface area contributed by atoms with Crippen LogP contribution in [0.4, 0.5) is 17.6 Å². The molecule has 1 aliphatic rings. The molecule has 0 aromatic heterocycles. The first-order chi connectivity index (χ1) is 9.38. The van der Waals surface area contributed by atoms with Crippen LogP contribution in [-0.2, 0) is 6.18 Å². The lowest BCUT2D eigenvalue weighted by Crippen LogP contribution is -2.33. The Hall–Kier alpha value is -1.34. The molecule has 0 unspecified atom stereocenters. The molecule has 2 N–H and O–H groups in total. The Kier molecular flexibility index (Phi) is 5.98. The Bertz CT molecular complexity index is 503. The molecule has 1 amide bonds. The van der Waals surface area contributed by atoms with Crippen LogP contribution in [0.25, 0.3) is 0 Å². The molecule has 118 valence electrons. The largest absolute Gasteiger partial charge is 0.416 e. The standard InChI is InChI=1S/C13H14F4N2O.ClH/c14-11-4-1-8(13(15,16)17)7-10(11)12(20)19-6-5-18-9-2-3-9;/h1,4,7,9,18H,2-3,5-6H2,(H,19,20);1H. The Morgan fingerprint density at radius 3 is 2.48 bits per heavy atom.